The maximum Gasteiger partial charge on any atom is 1.00 e. The molecule has 13 heteroatoms. The van der Waals surface area contributed by atoms with Crippen molar-refractivity contribution in [2.45, 2.75) is 24.2 Å². The van der Waals surface area contributed by atoms with E-state index in [1.54, 1.807) is 0 Å². The minimum absolute atomic E-state index is 0. The Morgan fingerprint density at radius 2 is 1.79 bits per heavy atom. The van der Waals surface area contributed by atoms with E-state index in [2.05, 4.69) is 16.3 Å². The molecule has 0 heterocycles. The average Bonchev–Trinajstić information content (AvgIpc) is 2.37. The molecule has 24 heavy (non-hydrogen) atoms. The summed E-state index contributed by atoms with van der Waals surface area (Å²) in [6.45, 7) is -2.25. The van der Waals surface area contributed by atoms with Gasteiger partial charge in [-0.2, -0.15) is 8.78 Å². The minimum Gasteiger partial charge on any atom is -0.770 e. The van der Waals surface area contributed by atoms with Crippen molar-refractivity contribution >= 4 is 28.4 Å². The van der Waals surface area contributed by atoms with Crippen molar-refractivity contribution in [3.63, 3.8) is 0 Å². The minimum atomic E-state index is -4.67. The van der Waals surface area contributed by atoms with Crippen LogP contribution in [-0.4, -0.2) is 33.1 Å². The Labute approximate surface area is 184 Å². The van der Waals surface area contributed by atoms with Crippen molar-refractivity contribution in [1.82, 2.24) is 0 Å². The molecule has 0 aliphatic carbocycles. The first-order valence-corrected chi connectivity index (χ1v) is 10.2. The van der Waals surface area contributed by atoms with E-state index in [4.69, 9.17) is 4.52 Å². The molecule has 0 spiro atoms. The largest absolute Gasteiger partial charge is 1.00 e. The first kappa shape index (κ1) is 24.9. The van der Waals surface area contributed by atoms with Crippen LogP contribution in [0.5, 0.6) is 5.75 Å². The summed E-state index contributed by atoms with van der Waals surface area (Å²) < 4.78 is 82.9. The Morgan fingerprint density at radius 1 is 1.29 bits per heavy atom. The third-order valence-electron chi connectivity index (χ3n) is 2.39. The average molecular weight is 434 g/mol. The molecule has 0 fully saturated rings. The second kappa shape index (κ2) is 9.72. The van der Waals surface area contributed by atoms with Crippen LogP contribution in [0.25, 0.3) is 0 Å². The number of benzene rings is 1. The van der Waals surface area contributed by atoms with Gasteiger partial charge in [-0.1, -0.05) is 0 Å². The van der Waals surface area contributed by atoms with Gasteiger partial charge >= 0.3 is 63.7 Å². The zero-order valence-electron chi connectivity index (χ0n) is 12.6. The summed E-state index contributed by atoms with van der Waals surface area (Å²) in [5.41, 5.74) is 0. The van der Waals surface area contributed by atoms with Crippen LogP contribution in [0, 0.1) is 0 Å². The van der Waals surface area contributed by atoms with Crippen molar-refractivity contribution in [2.24, 2.45) is 0 Å². The van der Waals surface area contributed by atoms with Crippen molar-refractivity contribution in [2.75, 3.05) is 12.4 Å². The predicted molar refractivity (Wildman–Crippen MR) is 76.0 cm³/mol. The van der Waals surface area contributed by atoms with Crippen LogP contribution in [0.15, 0.2) is 29.2 Å². The van der Waals surface area contributed by atoms with Gasteiger partial charge in [0.05, 0.1) is 11.5 Å². The number of alkyl halides is 4. The maximum atomic E-state index is 12.9. The smallest absolute Gasteiger partial charge is 0.770 e. The molecule has 0 bridgehead atoms. The van der Waals surface area contributed by atoms with E-state index in [0.717, 1.165) is 24.3 Å². The van der Waals surface area contributed by atoms with Crippen molar-refractivity contribution in [3.8, 4) is 5.75 Å². The normalized spacial score (nSPS) is 14.8. The third-order valence-corrected chi connectivity index (χ3v) is 5.69. The van der Waals surface area contributed by atoms with Gasteiger partial charge in [-0.05, 0) is 43.0 Å². The predicted octanol–water partition coefficient (Wildman–Crippen LogP) is -0.635. The van der Waals surface area contributed by atoms with E-state index in [9.17, 15) is 30.9 Å². The second-order valence-corrected chi connectivity index (χ2v) is 8.91. The van der Waals surface area contributed by atoms with E-state index in [-0.39, 0.29) is 63.7 Å². The van der Waals surface area contributed by atoms with Gasteiger partial charge in [0.25, 0.3) is 0 Å². The number of rotatable bonds is 8. The molecule has 0 aliphatic rings. The molecule has 0 N–H and O–H groups in total. The Kier molecular flexibility index (Phi) is 10.1. The Hall–Kier alpha value is 0.896. The molecule has 0 saturated carbocycles. The molecule has 1 aromatic carbocycles. The summed E-state index contributed by atoms with van der Waals surface area (Å²) in [5.74, 6) is -6.81. The first-order chi connectivity index (χ1) is 10.4. The van der Waals surface area contributed by atoms with Crippen LogP contribution >= 0.6 is 6.72 Å². The molecule has 0 saturated heterocycles. The van der Waals surface area contributed by atoms with Gasteiger partial charge < -0.3 is 13.9 Å². The molecule has 0 radical (unpaired) electrons. The third kappa shape index (κ3) is 7.64. The van der Waals surface area contributed by atoms with Crippen LogP contribution in [-0.2, 0) is 26.2 Å². The molecule has 1 rings (SSSR count). The van der Waals surface area contributed by atoms with Crippen LogP contribution < -0.4 is 60.8 Å². The molecule has 0 aromatic heterocycles. The van der Waals surface area contributed by atoms with Gasteiger partial charge in [-0.3, -0.25) is 0 Å². The molecule has 0 aliphatic heterocycles. The summed E-state index contributed by atoms with van der Waals surface area (Å²) in [6, 6.07) is 3.72. The first-order valence-electron chi connectivity index (χ1n) is 6.03. The van der Waals surface area contributed by atoms with Crippen LogP contribution in [0.4, 0.5) is 17.6 Å². The van der Waals surface area contributed by atoms with Gasteiger partial charge in [-0.25, -0.2) is 17.2 Å². The van der Waals surface area contributed by atoms with Crippen LogP contribution in [0.1, 0.15) is 6.92 Å². The fourth-order valence-electron chi connectivity index (χ4n) is 1.42. The van der Waals surface area contributed by atoms with Gasteiger partial charge in [0.15, 0.2) is 16.6 Å². The van der Waals surface area contributed by atoms with E-state index in [1.807, 2.05) is 0 Å². The standard InChI is InChI=1S/C11H13F4O5PS2.K/c1-2-19-21(16,22)20-8-3-5-9(6-4-8)23(17,18)7-11(14,15)10(12)13;/h3-6,10H,2,7H2,1H3,(H,16,22);/q;+1/p-1. The van der Waals surface area contributed by atoms with E-state index < -0.39 is 39.6 Å². The zero-order valence-corrected chi connectivity index (χ0v) is 18.3. The molecule has 1 unspecified atom stereocenters. The molecule has 132 valence electrons. The Bertz CT molecular complexity index is 684. The molecule has 1 aromatic rings. The summed E-state index contributed by atoms with van der Waals surface area (Å²) in [6.07, 6.45) is -4.10. The van der Waals surface area contributed by atoms with E-state index >= 15 is 0 Å². The number of halogens is 4. The van der Waals surface area contributed by atoms with Crippen LogP contribution in [0.3, 0.4) is 0 Å². The number of sulfone groups is 1. The summed E-state index contributed by atoms with van der Waals surface area (Å²) in [4.78, 5) is 11.0. The van der Waals surface area contributed by atoms with E-state index in [0.29, 0.717) is 0 Å². The molecule has 0 amide bonds. The zero-order chi connectivity index (χ0) is 17.9. The molecule has 1 atom stereocenters. The van der Waals surface area contributed by atoms with Crippen LogP contribution in [0.2, 0.25) is 0 Å². The van der Waals surface area contributed by atoms with E-state index in [1.165, 1.54) is 6.92 Å². The maximum absolute atomic E-state index is 12.9. The topological polar surface area (TPSA) is 75.7 Å². The Morgan fingerprint density at radius 3 is 2.21 bits per heavy atom. The summed E-state index contributed by atoms with van der Waals surface area (Å²) in [7, 11) is -4.65. The van der Waals surface area contributed by atoms with Crippen molar-refractivity contribution < 1.29 is 91.3 Å². The molecular formula is C11H12F4KO5PS2. The fraction of sp³-hybridized carbons (Fsp3) is 0.455. The van der Waals surface area contributed by atoms with Crippen molar-refractivity contribution in [1.29, 1.82) is 0 Å². The fourth-order valence-corrected chi connectivity index (χ4v) is 4.09. The van der Waals surface area contributed by atoms with Gasteiger partial charge in [-0.15, -0.1) is 0 Å². The monoisotopic (exact) mass is 434 g/mol. The molecule has 5 nitrogen and oxygen atoms in total. The van der Waals surface area contributed by atoms with Gasteiger partial charge in [0.1, 0.15) is 11.5 Å². The Balaban J connectivity index is 0.00000529. The van der Waals surface area contributed by atoms with Gasteiger partial charge in [0, 0.05) is 0 Å². The quantitative estimate of drug-likeness (QED) is 0.308. The number of hydrogen-bond donors (Lipinski definition) is 0. The summed E-state index contributed by atoms with van der Waals surface area (Å²) >= 11 is 4.54. The van der Waals surface area contributed by atoms with Crippen molar-refractivity contribution in [3.05, 3.63) is 24.3 Å². The van der Waals surface area contributed by atoms with Gasteiger partial charge in [0.2, 0.25) is 0 Å². The number of hydrogen-bond acceptors (Lipinski definition) is 6. The molecular weight excluding hydrogens is 422 g/mol. The second-order valence-electron chi connectivity index (χ2n) is 4.25. The SMILES string of the molecule is CCOP([O-])(=S)Oc1ccc(S(=O)(=O)CC(F)(F)C(F)F)cc1.[K+]. The summed E-state index contributed by atoms with van der Waals surface area (Å²) in [5, 5.41) is 0.